The van der Waals surface area contributed by atoms with Crippen LogP contribution in [0.15, 0.2) is 46.9 Å². The molecule has 3 aromatic rings. The van der Waals surface area contributed by atoms with Gasteiger partial charge in [-0.3, -0.25) is 5.43 Å². The molecule has 128 valence electrons. The summed E-state index contributed by atoms with van der Waals surface area (Å²) in [6.07, 6.45) is 1.26. The van der Waals surface area contributed by atoms with E-state index >= 15 is 0 Å². The van der Waals surface area contributed by atoms with Crippen molar-refractivity contribution in [1.82, 2.24) is 4.98 Å². The second kappa shape index (κ2) is 7.82. The summed E-state index contributed by atoms with van der Waals surface area (Å²) in [6, 6.07) is 11.2. The molecule has 0 bridgehead atoms. The lowest BCUT2D eigenvalue weighted by atomic mass is 10.2. The van der Waals surface area contributed by atoms with E-state index in [4.69, 9.17) is 27.9 Å². The van der Waals surface area contributed by atoms with Crippen molar-refractivity contribution >= 4 is 45.9 Å². The van der Waals surface area contributed by atoms with Gasteiger partial charge in [-0.25, -0.2) is 9.37 Å². The maximum Gasteiger partial charge on any atom is 0.203 e. The van der Waals surface area contributed by atoms with E-state index in [1.807, 2.05) is 35.7 Å². The van der Waals surface area contributed by atoms with Crippen LogP contribution < -0.4 is 10.2 Å². The van der Waals surface area contributed by atoms with Gasteiger partial charge in [0.15, 0.2) is 11.6 Å². The average molecular weight is 396 g/mol. The Morgan fingerprint density at radius 1 is 1.24 bits per heavy atom. The molecule has 0 fully saturated rings. The number of anilines is 1. The topological polar surface area (TPSA) is 46.5 Å². The number of nitrogens with one attached hydrogen (secondary N) is 1. The van der Waals surface area contributed by atoms with Crippen molar-refractivity contribution in [2.75, 3.05) is 12.5 Å². The number of hydrogen-bond donors (Lipinski definition) is 1. The molecule has 4 nitrogen and oxygen atoms in total. The first-order valence-electron chi connectivity index (χ1n) is 7.11. The molecular weight excluding hydrogens is 384 g/mol. The van der Waals surface area contributed by atoms with Crippen LogP contribution in [-0.2, 0) is 0 Å². The normalized spacial score (nSPS) is 11.0. The minimum absolute atomic E-state index is 0.0758. The van der Waals surface area contributed by atoms with Crippen LogP contribution in [0.3, 0.4) is 0 Å². The predicted molar refractivity (Wildman–Crippen MR) is 102 cm³/mol. The van der Waals surface area contributed by atoms with Gasteiger partial charge in [0.25, 0.3) is 0 Å². The predicted octanol–water partition coefficient (Wildman–Crippen LogP) is 5.71. The van der Waals surface area contributed by atoms with Gasteiger partial charge in [-0.1, -0.05) is 53.5 Å². The van der Waals surface area contributed by atoms with Gasteiger partial charge in [-0.15, -0.1) is 11.3 Å². The van der Waals surface area contributed by atoms with E-state index in [2.05, 4.69) is 15.5 Å². The summed E-state index contributed by atoms with van der Waals surface area (Å²) >= 11 is 13.3. The Morgan fingerprint density at radius 3 is 2.72 bits per heavy atom. The molecule has 0 spiro atoms. The lowest BCUT2D eigenvalue weighted by Gasteiger charge is -2.08. The van der Waals surface area contributed by atoms with Crippen LogP contribution in [0.1, 0.15) is 5.56 Å². The minimum atomic E-state index is -0.672. The molecule has 0 atom stereocenters. The van der Waals surface area contributed by atoms with E-state index in [-0.39, 0.29) is 21.4 Å². The van der Waals surface area contributed by atoms with Crippen molar-refractivity contribution in [3.8, 4) is 17.0 Å². The molecule has 1 N–H and O–H groups in total. The number of ether oxygens (including phenoxy) is 1. The Bertz CT molecular complexity index is 916. The van der Waals surface area contributed by atoms with Crippen LogP contribution in [0.4, 0.5) is 9.52 Å². The fraction of sp³-hybridized carbons (Fsp3) is 0.0588. The first kappa shape index (κ1) is 17.7. The third kappa shape index (κ3) is 3.92. The number of benzene rings is 2. The Kier molecular flexibility index (Phi) is 5.53. The van der Waals surface area contributed by atoms with Gasteiger partial charge in [-0.05, 0) is 6.07 Å². The molecule has 0 aliphatic carbocycles. The summed E-state index contributed by atoms with van der Waals surface area (Å²) in [4.78, 5) is 4.43. The summed E-state index contributed by atoms with van der Waals surface area (Å²) in [7, 11) is 1.33. The van der Waals surface area contributed by atoms with Gasteiger partial charge in [0.2, 0.25) is 5.13 Å². The maximum absolute atomic E-state index is 14.3. The lowest BCUT2D eigenvalue weighted by Crippen LogP contribution is -1.98. The summed E-state index contributed by atoms with van der Waals surface area (Å²) in [5, 5.41) is 6.72. The van der Waals surface area contributed by atoms with Crippen molar-refractivity contribution in [3.05, 3.63) is 63.2 Å². The smallest absolute Gasteiger partial charge is 0.203 e. The summed E-state index contributed by atoms with van der Waals surface area (Å²) in [5.74, 6) is -0.747. The van der Waals surface area contributed by atoms with Crippen molar-refractivity contribution in [2.45, 2.75) is 0 Å². The van der Waals surface area contributed by atoms with E-state index in [1.165, 1.54) is 30.7 Å². The molecule has 25 heavy (non-hydrogen) atoms. The lowest BCUT2D eigenvalue weighted by molar-refractivity contribution is 0.386. The number of methoxy groups -OCH3 is 1. The van der Waals surface area contributed by atoms with Crippen LogP contribution in [0, 0.1) is 5.82 Å². The van der Waals surface area contributed by atoms with Crippen molar-refractivity contribution in [3.63, 3.8) is 0 Å². The minimum Gasteiger partial charge on any atom is -0.492 e. The van der Waals surface area contributed by atoms with Gasteiger partial charge in [0.1, 0.15) is 0 Å². The zero-order valence-corrected chi connectivity index (χ0v) is 15.3. The fourth-order valence-electron chi connectivity index (χ4n) is 2.11. The number of thiazole rings is 1. The van der Waals surface area contributed by atoms with E-state index in [0.29, 0.717) is 5.13 Å². The molecule has 0 radical (unpaired) electrons. The summed E-state index contributed by atoms with van der Waals surface area (Å²) in [5.41, 5.74) is 4.69. The molecule has 0 amide bonds. The SMILES string of the molecule is COc1c(Cl)cc(Cl)c(C=NNc2nc(-c3ccccc3)cs2)c1F. The molecule has 1 aromatic heterocycles. The largest absolute Gasteiger partial charge is 0.492 e. The van der Waals surface area contributed by atoms with Gasteiger partial charge in [-0.2, -0.15) is 5.10 Å². The number of rotatable bonds is 5. The quantitative estimate of drug-likeness (QED) is 0.444. The molecule has 2 aromatic carbocycles. The molecular formula is C17H12Cl2FN3OS. The van der Waals surface area contributed by atoms with E-state index in [0.717, 1.165) is 11.3 Å². The molecule has 1 heterocycles. The van der Waals surface area contributed by atoms with Crippen molar-refractivity contribution < 1.29 is 9.13 Å². The first-order valence-corrected chi connectivity index (χ1v) is 8.75. The summed E-state index contributed by atoms with van der Waals surface area (Å²) < 4.78 is 19.3. The van der Waals surface area contributed by atoms with Gasteiger partial charge >= 0.3 is 0 Å². The second-order valence-electron chi connectivity index (χ2n) is 4.88. The number of hydrazone groups is 1. The number of halogens is 3. The fourth-order valence-corrected chi connectivity index (χ4v) is 3.35. The standard InChI is InChI=1S/C17H12Cl2FN3OS/c1-24-16-13(19)7-12(18)11(15(16)20)8-21-23-17-22-14(9-25-17)10-5-3-2-4-6-10/h2-9H,1H3,(H,22,23). The number of hydrogen-bond acceptors (Lipinski definition) is 5. The van der Waals surface area contributed by atoms with Crippen LogP contribution in [-0.4, -0.2) is 18.3 Å². The summed E-state index contributed by atoms with van der Waals surface area (Å²) in [6.45, 7) is 0. The molecule has 0 unspecified atom stereocenters. The van der Waals surface area contributed by atoms with Gasteiger partial charge < -0.3 is 4.74 Å². The Labute approximate surface area is 157 Å². The second-order valence-corrected chi connectivity index (χ2v) is 6.55. The zero-order chi connectivity index (χ0) is 17.8. The van der Waals surface area contributed by atoms with E-state index < -0.39 is 5.82 Å². The monoisotopic (exact) mass is 395 g/mol. The maximum atomic E-state index is 14.3. The third-order valence-electron chi connectivity index (χ3n) is 3.30. The van der Waals surface area contributed by atoms with Crippen LogP contribution in [0.25, 0.3) is 11.3 Å². The van der Waals surface area contributed by atoms with E-state index in [9.17, 15) is 4.39 Å². The van der Waals surface area contributed by atoms with E-state index in [1.54, 1.807) is 0 Å². The molecule has 0 saturated carbocycles. The van der Waals surface area contributed by atoms with Gasteiger partial charge in [0.05, 0.1) is 34.6 Å². The Balaban J connectivity index is 1.78. The van der Waals surface area contributed by atoms with Crippen molar-refractivity contribution in [1.29, 1.82) is 0 Å². The molecule has 0 aliphatic heterocycles. The number of aromatic nitrogens is 1. The Morgan fingerprint density at radius 2 is 2.00 bits per heavy atom. The number of nitrogens with zero attached hydrogens (tertiary/aromatic N) is 2. The Hall–Kier alpha value is -2.15. The first-order chi connectivity index (χ1) is 12.1. The van der Waals surface area contributed by atoms with Crippen LogP contribution >= 0.6 is 34.5 Å². The average Bonchev–Trinajstić information content (AvgIpc) is 3.08. The van der Waals surface area contributed by atoms with Crippen molar-refractivity contribution in [2.24, 2.45) is 5.10 Å². The molecule has 8 heteroatoms. The highest BCUT2D eigenvalue weighted by atomic mass is 35.5. The highest BCUT2D eigenvalue weighted by molar-refractivity contribution is 7.14. The van der Waals surface area contributed by atoms with Crippen LogP contribution in [0.2, 0.25) is 10.0 Å². The highest BCUT2D eigenvalue weighted by Crippen LogP contribution is 2.34. The molecule has 0 aliphatic rings. The molecule has 3 rings (SSSR count). The highest BCUT2D eigenvalue weighted by Gasteiger charge is 2.16. The van der Waals surface area contributed by atoms with Gasteiger partial charge in [0, 0.05) is 10.9 Å². The third-order valence-corrected chi connectivity index (χ3v) is 4.64. The zero-order valence-electron chi connectivity index (χ0n) is 13.0. The van der Waals surface area contributed by atoms with Crippen LogP contribution in [0.5, 0.6) is 5.75 Å². The molecule has 0 saturated heterocycles.